The van der Waals surface area contributed by atoms with Crippen molar-refractivity contribution in [3.63, 3.8) is 0 Å². The number of amides is 2. The van der Waals surface area contributed by atoms with Crippen molar-refractivity contribution in [3.05, 3.63) is 52.5 Å². The van der Waals surface area contributed by atoms with Crippen LogP contribution in [0.25, 0.3) is 0 Å². The molecule has 6 nitrogen and oxygen atoms in total. The van der Waals surface area contributed by atoms with Gasteiger partial charge in [-0.15, -0.1) is 0 Å². The largest absolute Gasteiger partial charge is 0.495 e. The fraction of sp³-hybridized carbons (Fsp3) is 0.263. The monoisotopic (exact) mass is 420 g/mol. The van der Waals surface area contributed by atoms with E-state index in [1.54, 1.807) is 57.2 Å². The fourth-order valence-electron chi connectivity index (χ4n) is 2.13. The van der Waals surface area contributed by atoms with Gasteiger partial charge in [0.1, 0.15) is 11.4 Å². The Kier molecular flexibility index (Phi) is 6.26. The van der Waals surface area contributed by atoms with E-state index in [0.717, 1.165) is 4.47 Å². The maximum Gasteiger partial charge on any atom is 0.412 e. The lowest BCUT2D eigenvalue weighted by atomic mass is 10.1. The standard InChI is InChI=1S/C19H21BrN2O4/c1-19(2,3)26-18(24)21-14-7-5-6-12(10-14)17(23)22-15-11-13(20)8-9-16(15)25-4/h5-11H,1-4H3,(H,21,24)(H,22,23). The zero-order valence-electron chi connectivity index (χ0n) is 15.1. The third kappa shape index (κ3) is 5.77. The molecule has 0 aromatic heterocycles. The van der Waals surface area contributed by atoms with Crippen molar-refractivity contribution in [1.82, 2.24) is 0 Å². The summed E-state index contributed by atoms with van der Waals surface area (Å²) in [5.41, 5.74) is 0.794. The lowest BCUT2D eigenvalue weighted by molar-refractivity contribution is 0.0635. The molecule has 2 N–H and O–H groups in total. The summed E-state index contributed by atoms with van der Waals surface area (Å²) in [5.74, 6) is 0.221. The van der Waals surface area contributed by atoms with Crippen LogP contribution in [0.15, 0.2) is 46.9 Å². The summed E-state index contributed by atoms with van der Waals surface area (Å²) in [6.45, 7) is 5.34. The maximum atomic E-state index is 12.5. The van der Waals surface area contributed by atoms with Gasteiger partial charge in [-0.25, -0.2) is 4.79 Å². The fourth-order valence-corrected chi connectivity index (χ4v) is 2.49. The first-order valence-electron chi connectivity index (χ1n) is 7.93. The summed E-state index contributed by atoms with van der Waals surface area (Å²) in [7, 11) is 1.53. The predicted octanol–water partition coefficient (Wildman–Crippen LogP) is 5.06. The summed E-state index contributed by atoms with van der Waals surface area (Å²) < 4.78 is 11.3. The van der Waals surface area contributed by atoms with Crippen molar-refractivity contribution in [1.29, 1.82) is 0 Å². The van der Waals surface area contributed by atoms with Gasteiger partial charge in [0.05, 0.1) is 12.8 Å². The van der Waals surface area contributed by atoms with Crippen molar-refractivity contribution >= 4 is 39.3 Å². The SMILES string of the molecule is COc1ccc(Br)cc1NC(=O)c1cccc(NC(=O)OC(C)(C)C)c1. The number of hydrogen-bond acceptors (Lipinski definition) is 4. The van der Waals surface area contributed by atoms with Gasteiger partial charge in [0, 0.05) is 15.7 Å². The highest BCUT2D eigenvalue weighted by Crippen LogP contribution is 2.28. The van der Waals surface area contributed by atoms with Gasteiger partial charge in [0.2, 0.25) is 0 Å². The number of methoxy groups -OCH3 is 1. The second-order valence-corrected chi connectivity index (χ2v) is 7.42. The van der Waals surface area contributed by atoms with Gasteiger partial charge in [0.25, 0.3) is 5.91 Å². The van der Waals surface area contributed by atoms with Crippen LogP contribution in [0, 0.1) is 0 Å². The molecule has 0 spiro atoms. The Hall–Kier alpha value is -2.54. The minimum absolute atomic E-state index is 0.325. The molecular formula is C19H21BrN2O4. The number of ether oxygens (including phenoxy) is 2. The Morgan fingerprint density at radius 1 is 1.04 bits per heavy atom. The number of halogens is 1. The predicted molar refractivity (Wildman–Crippen MR) is 105 cm³/mol. The molecular weight excluding hydrogens is 400 g/mol. The average Bonchev–Trinajstić information content (AvgIpc) is 2.53. The first-order chi connectivity index (χ1) is 12.2. The molecule has 26 heavy (non-hydrogen) atoms. The van der Waals surface area contributed by atoms with E-state index in [0.29, 0.717) is 22.7 Å². The minimum Gasteiger partial charge on any atom is -0.495 e. The molecule has 0 radical (unpaired) electrons. The molecule has 0 aliphatic rings. The first kappa shape index (κ1) is 19.8. The highest BCUT2D eigenvalue weighted by Gasteiger charge is 2.17. The molecule has 0 unspecified atom stereocenters. The zero-order chi connectivity index (χ0) is 19.3. The normalized spacial score (nSPS) is 10.8. The molecule has 2 amide bonds. The van der Waals surface area contributed by atoms with Crippen molar-refractivity contribution in [2.45, 2.75) is 26.4 Å². The number of hydrogen-bond donors (Lipinski definition) is 2. The van der Waals surface area contributed by atoms with Crippen molar-refractivity contribution in [2.75, 3.05) is 17.7 Å². The summed E-state index contributed by atoms with van der Waals surface area (Å²) in [6, 6.07) is 11.9. The van der Waals surface area contributed by atoms with Crippen LogP contribution in [0.3, 0.4) is 0 Å². The number of benzene rings is 2. The maximum absolute atomic E-state index is 12.5. The highest BCUT2D eigenvalue weighted by molar-refractivity contribution is 9.10. The lowest BCUT2D eigenvalue weighted by Gasteiger charge is -2.19. The van der Waals surface area contributed by atoms with Gasteiger partial charge in [-0.3, -0.25) is 10.1 Å². The van der Waals surface area contributed by atoms with E-state index in [1.807, 2.05) is 6.07 Å². The Balaban J connectivity index is 2.13. The molecule has 2 aromatic carbocycles. The molecule has 0 fully saturated rings. The molecule has 0 aliphatic heterocycles. The third-order valence-electron chi connectivity index (χ3n) is 3.18. The molecule has 0 atom stereocenters. The van der Waals surface area contributed by atoms with E-state index < -0.39 is 11.7 Å². The Morgan fingerprint density at radius 2 is 1.77 bits per heavy atom. The summed E-state index contributed by atoms with van der Waals surface area (Å²) in [4.78, 5) is 24.4. The van der Waals surface area contributed by atoms with Crippen molar-refractivity contribution < 1.29 is 19.1 Å². The molecule has 2 aromatic rings. The highest BCUT2D eigenvalue weighted by atomic mass is 79.9. The number of anilines is 2. The number of carbonyl (C=O) groups excluding carboxylic acids is 2. The number of nitrogens with one attached hydrogen (secondary N) is 2. The second kappa shape index (κ2) is 8.23. The van der Waals surface area contributed by atoms with Gasteiger partial charge in [-0.2, -0.15) is 0 Å². The van der Waals surface area contributed by atoms with Crippen LogP contribution in [0.4, 0.5) is 16.2 Å². The molecule has 0 bridgehead atoms. The summed E-state index contributed by atoms with van der Waals surface area (Å²) in [6.07, 6.45) is -0.580. The van der Waals surface area contributed by atoms with Crippen LogP contribution in [-0.2, 0) is 4.74 Å². The topological polar surface area (TPSA) is 76.7 Å². The van der Waals surface area contributed by atoms with Crippen LogP contribution < -0.4 is 15.4 Å². The van der Waals surface area contributed by atoms with E-state index in [2.05, 4.69) is 26.6 Å². The van der Waals surface area contributed by atoms with E-state index in [4.69, 9.17) is 9.47 Å². The Morgan fingerprint density at radius 3 is 2.42 bits per heavy atom. The molecule has 0 heterocycles. The third-order valence-corrected chi connectivity index (χ3v) is 3.67. The van der Waals surface area contributed by atoms with E-state index >= 15 is 0 Å². The molecule has 2 rings (SSSR count). The Labute approximate surface area is 161 Å². The average molecular weight is 421 g/mol. The number of rotatable bonds is 4. The summed E-state index contributed by atoms with van der Waals surface area (Å²) >= 11 is 3.37. The Bertz CT molecular complexity index is 815. The van der Waals surface area contributed by atoms with E-state index in [9.17, 15) is 9.59 Å². The molecule has 138 valence electrons. The molecule has 7 heteroatoms. The van der Waals surface area contributed by atoms with Crippen LogP contribution in [0.1, 0.15) is 31.1 Å². The molecule has 0 saturated carbocycles. The zero-order valence-corrected chi connectivity index (χ0v) is 16.6. The van der Waals surface area contributed by atoms with Crippen LogP contribution in [0.2, 0.25) is 0 Å². The minimum atomic E-state index is -0.601. The molecule has 0 saturated heterocycles. The second-order valence-electron chi connectivity index (χ2n) is 6.51. The smallest absolute Gasteiger partial charge is 0.412 e. The van der Waals surface area contributed by atoms with Gasteiger partial charge in [0.15, 0.2) is 0 Å². The summed E-state index contributed by atoms with van der Waals surface area (Å²) in [5, 5.41) is 5.42. The quantitative estimate of drug-likeness (QED) is 0.724. The first-order valence-corrected chi connectivity index (χ1v) is 8.72. The molecule has 0 aliphatic carbocycles. The van der Waals surface area contributed by atoms with E-state index in [1.165, 1.54) is 7.11 Å². The number of carbonyl (C=O) groups is 2. The van der Waals surface area contributed by atoms with Gasteiger partial charge in [-0.05, 0) is 57.2 Å². The van der Waals surface area contributed by atoms with Crippen LogP contribution in [-0.4, -0.2) is 24.7 Å². The van der Waals surface area contributed by atoms with Crippen LogP contribution in [0.5, 0.6) is 5.75 Å². The van der Waals surface area contributed by atoms with E-state index in [-0.39, 0.29) is 5.91 Å². The van der Waals surface area contributed by atoms with Gasteiger partial charge < -0.3 is 14.8 Å². The van der Waals surface area contributed by atoms with Gasteiger partial charge in [-0.1, -0.05) is 22.0 Å². The van der Waals surface area contributed by atoms with Gasteiger partial charge >= 0.3 is 6.09 Å². The van der Waals surface area contributed by atoms with Crippen molar-refractivity contribution in [2.24, 2.45) is 0 Å². The van der Waals surface area contributed by atoms with Crippen molar-refractivity contribution in [3.8, 4) is 5.75 Å². The van der Waals surface area contributed by atoms with Crippen LogP contribution >= 0.6 is 15.9 Å². The lowest BCUT2D eigenvalue weighted by Crippen LogP contribution is -2.27.